The SMILES string of the molecule is Cc1cccc(Oc2ccc3[nH]c(C(=O)NCCCOC(C)C)cc3c2)c1. The van der Waals surface area contributed by atoms with Crippen molar-refractivity contribution in [2.75, 3.05) is 13.2 Å². The van der Waals surface area contributed by atoms with Crippen LogP contribution in [0.25, 0.3) is 10.9 Å². The molecule has 0 aliphatic heterocycles. The first-order valence-corrected chi connectivity index (χ1v) is 9.28. The quantitative estimate of drug-likeness (QED) is 0.562. The molecule has 1 amide bonds. The Kier molecular flexibility index (Phi) is 6.14. The number of benzene rings is 2. The second-order valence-corrected chi connectivity index (χ2v) is 6.88. The van der Waals surface area contributed by atoms with Crippen LogP contribution in [0.1, 0.15) is 36.3 Å². The summed E-state index contributed by atoms with van der Waals surface area (Å²) in [5.41, 5.74) is 2.59. The molecule has 0 radical (unpaired) electrons. The molecule has 142 valence electrons. The molecule has 0 saturated carbocycles. The van der Waals surface area contributed by atoms with E-state index in [9.17, 15) is 4.79 Å². The number of hydrogen-bond donors (Lipinski definition) is 2. The molecular weight excluding hydrogens is 340 g/mol. The molecule has 3 rings (SSSR count). The van der Waals surface area contributed by atoms with Gasteiger partial charge >= 0.3 is 0 Å². The van der Waals surface area contributed by atoms with Crippen molar-refractivity contribution in [2.45, 2.75) is 33.3 Å². The van der Waals surface area contributed by atoms with E-state index in [1.807, 2.05) is 69.3 Å². The standard InChI is InChI=1S/C22H26N2O3/c1-15(2)26-11-5-10-23-22(25)21-14-17-13-19(8-9-20(17)24-21)27-18-7-4-6-16(3)12-18/h4,6-9,12-15,24H,5,10-11H2,1-3H3,(H,23,25). The van der Waals surface area contributed by atoms with Crippen molar-refractivity contribution in [1.82, 2.24) is 10.3 Å². The lowest BCUT2D eigenvalue weighted by molar-refractivity contribution is 0.0756. The normalized spacial score (nSPS) is 11.1. The zero-order chi connectivity index (χ0) is 19.2. The lowest BCUT2D eigenvalue weighted by atomic mass is 10.2. The minimum absolute atomic E-state index is 0.114. The maximum atomic E-state index is 12.3. The first-order chi connectivity index (χ1) is 13.0. The van der Waals surface area contributed by atoms with Gasteiger partial charge in [-0.15, -0.1) is 0 Å². The Balaban J connectivity index is 1.62. The third kappa shape index (κ3) is 5.34. The lowest BCUT2D eigenvalue weighted by Crippen LogP contribution is -2.25. The molecule has 0 aliphatic rings. The fraction of sp³-hybridized carbons (Fsp3) is 0.318. The second kappa shape index (κ2) is 8.73. The zero-order valence-corrected chi connectivity index (χ0v) is 16.0. The number of hydrogen-bond acceptors (Lipinski definition) is 3. The van der Waals surface area contributed by atoms with E-state index in [0.717, 1.165) is 34.4 Å². The predicted molar refractivity (Wildman–Crippen MR) is 108 cm³/mol. The summed E-state index contributed by atoms with van der Waals surface area (Å²) in [6, 6.07) is 15.5. The van der Waals surface area contributed by atoms with Crippen LogP contribution in [0.4, 0.5) is 0 Å². The Labute approximate surface area is 159 Å². The van der Waals surface area contributed by atoms with Gasteiger partial charge in [0.15, 0.2) is 0 Å². The molecule has 2 aromatic carbocycles. The number of carbonyl (C=O) groups excluding carboxylic acids is 1. The van der Waals surface area contributed by atoms with Gasteiger partial charge < -0.3 is 19.8 Å². The van der Waals surface area contributed by atoms with Crippen LogP contribution in [-0.2, 0) is 4.74 Å². The van der Waals surface area contributed by atoms with Crippen molar-refractivity contribution in [3.63, 3.8) is 0 Å². The number of rotatable bonds is 8. The van der Waals surface area contributed by atoms with Crippen LogP contribution in [-0.4, -0.2) is 30.1 Å². The van der Waals surface area contributed by atoms with E-state index in [1.165, 1.54) is 0 Å². The maximum Gasteiger partial charge on any atom is 0.267 e. The molecule has 2 N–H and O–H groups in total. The van der Waals surface area contributed by atoms with Gasteiger partial charge in [-0.3, -0.25) is 4.79 Å². The molecule has 1 heterocycles. The molecule has 27 heavy (non-hydrogen) atoms. The number of carbonyl (C=O) groups is 1. The molecule has 0 bridgehead atoms. The summed E-state index contributed by atoms with van der Waals surface area (Å²) in [4.78, 5) is 15.5. The summed E-state index contributed by atoms with van der Waals surface area (Å²) in [5, 5.41) is 3.85. The maximum absolute atomic E-state index is 12.3. The smallest absolute Gasteiger partial charge is 0.267 e. The Morgan fingerprint density at radius 2 is 1.93 bits per heavy atom. The fourth-order valence-electron chi connectivity index (χ4n) is 2.80. The van der Waals surface area contributed by atoms with Crippen molar-refractivity contribution in [2.24, 2.45) is 0 Å². The number of aromatic amines is 1. The summed E-state index contributed by atoms with van der Waals surface area (Å²) < 4.78 is 11.4. The monoisotopic (exact) mass is 366 g/mol. The minimum atomic E-state index is -0.114. The second-order valence-electron chi connectivity index (χ2n) is 6.88. The molecule has 0 aliphatic carbocycles. The molecule has 0 saturated heterocycles. The van der Waals surface area contributed by atoms with E-state index in [4.69, 9.17) is 9.47 Å². The van der Waals surface area contributed by atoms with E-state index in [-0.39, 0.29) is 12.0 Å². The molecule has 0 spiro atoms. The van der Waals surface area contributed by atoms with Crippen LogP contribution in [0.15, 0.2) is 48.5 Å². The van der Waals surface area contributed by atoms with E-state index >= 15 is 0 Å². The molecule has 0 atom stereocenters. The average Bonchev–Trinajstić information content (AvgIpc) is 3.04. The Morgan fingerprint density at radius 1 is 1.11 bits per heavy atom. The van der Waals surface area contributed by atoms with Gasteiger partial charge in [0.25, 0.3) is 5.91 Å². The third-order valence-corrected chi connectivity index (χ3v) is 4.12. The summed E-state index contributed by atoms with van der Waals surface area (Å²) in [5.74, 6) is 1.42. The van der Waals surface area contributed by atoms with Crippen molar-refractivity contribution < 1.29 is 14.3 Å². The summed E-state index contributed by atoms with van der Waals surface area (Å²) >= 11 is 0. The van der Waals surface area contributed by atoms with Crippen molar-refractivity contribution in [3.05, 3.63) is 59.8 Å². The van der Waals surface area contributed by atoms with Gasteiger partial charge in [0, 0.05) is 24.1 Å². The van der Waals surface area contributed by atoms with Crippen LogP contribution in [0, 0.1) is 6.92 Å². The van der Waals surface area contributed by atoms with Crippen molar-refractivity contribution in [1.29, 1.82) is 0 Å². The summed E-state index contributed by atoms with van der Waals surface area (Å²) in [6.45, 7) is 7.26. The van der Waals surface area contributed by atoms with Crippen molar-refractivity contribution >= 4 is 16.8 Å². The molecule has 5 heteroatoms. The highest BCUT2D eigenvalue weighted by molar-refractivity contribution is 5.98. The Bertz CT molecular complexity index is 915. The topological polar surface area (TPSA) is 63.4 Å². The van der Waals surface area contributed by atoms with Gasteiger partial charge in [-0.1, -0.05) is 12.1 Å². The van der Waals surface area contributed by atoms with Crippen LogP contribution in [0.3, 0.4) is 0 Å². The van der Waals surface area contributed by atoms with Crippen LogP contribution >= 0.6 is 0 Å². The largest absolute Gasteiger partial charge is 0.457 e. The fourth-order valence-corrected chi connectivity index (χ4v) is 2.80. The molecule has 5 nitrogen and oxygen atoms in total. The first-order valence-electron chi connectivity index (χ1n) is 9.28. The van der Waals surface area contributed by atoms with E-state index < -0.39 is 0 Å². The zero-order valence-electron chi connectivity index (χ0n) is 16.0. The molecule has 1 aromatic heterocycles. The van der Waals surface area contributed by atoms with Gasteiger partial charge in [-0.25, -0.2) is 0 Å². The van der Waals surface area contributed by atoms with Crippen molar-refractivity contribution in [3.8, 4) is 11.5 Å². The number of nitrogens with one attached hydrogen (secondary N) is 2. The summed E-state index contributed by atoms with van der Waals surface area (Å²) in [7, 11) is 0. The number of aryl methyl sites for hydroxylation is 1. The number of H-pyrrole nitrogens is 1. The van der Waals surface area contributed by atoms with E-state index in [0.29, 0.717) is 18.8 Å². The lowest BCUT2D eigenvalue weighted by Gasteiger charge is -2.07. The number of amides is 1. The van der Waals surface area contributed by atoms with Gasteiger partial charge in [0.2, 0.25) is 0 Å². The third-order valence-electron chi connectivity index (χ3n) is 4.12. The molecular formula is C22H26N2O3. The molecule has 0 fully saturated rings. The number of fused-ring (bicyclic) bond motifs is 1. The highest BCUT2D eigenvalue weighted by Gasteiger charge is 2.10. The average molecular weight is 366 g/mol. The van der Waals surface area contributed by atoms with Gasteiger partial charge in [-0.05, 0) is 69.2 Å². The number of ether oxygens (including phenoxy) is 2. The van der Waals surface area contributed by atoms with Crippen LogP contribution in [0.5, 0.6) is 11.5 Å². The highest BCUT2D eigenvalue weighted by Crippen LogP contribution is 2.26. The van der Waals surface area contributed by atoms with Gasteiger partial charge in [-0.2, -0.15) is 0 Å². The van der Waals surface area contributed by atoms with Crippen LogP contribution < -0.4 is 10.1 Å². The first kappa shape index (κ1) is 19.0. The predicted octanol–water partition coefficient (Wildman–Crippen LogP) is 4.81. The summed E-state index contributed by atoms with van der Waals surface area (Å²) in [6.07, 6.45) is 1.00. The Morgan fingerprint density at radius 3 is 2.70 bits per heavy atom. The van der Waals surface area contributed by atoms with Crippen LogP contribution in [0.2, 0.25) is 0 Å². The minimum Gasteiger partial charge on any atom is -0.457 e. The highest BCUT2D eigenvalue weighted by atomic mass is 16.5. The number of aromatic nitrogens is 1. The molecule has 0 unspecified atom stereocenters. The Hall–Kier alpha value is -2.79. The van der Waals surface area contributed by atoms with Gasteiger partial charge in [0.05, 0.1) is 6.10 Å². The van der Waals surface area contributed by atoms with E-state index in [2.05, 4.69) is 10.3 Å². The molecule has 3 aromatic rings. The van der Waals surface area contributed by atoms with Gasteiger partial charge in [0.1, 0.15) is 17.2 Å². The van der Waals surface area contributed by atoms with E-state index in [1.54, 1.807) is 0 Å².